The second-order valence-electron chi connectivity index (χ2n) is 6.19. The van der Waals surface area contributed by atoms with Crippen LogP contribution in [-0.4, -0.2) is 29.3 Å². The molecule has 1 saturated heterocycles. The van der Waals surface area contributed by atoms with Crippen molar-refractivity contribution in [1.82, 2.24) is 10.2 Å². The molecule has 21 heavy (non-hydrogen) atoms. The molecule has 0 spiro atoms. The third-order valence-electron chi connectivity index (χ3n) is 5.06. The van der Waals surface area contributed by atoms with Gasteiger partial charge in [-0.2, -0.15) is 0 Å². The van der Waals surface area contributed by atoms with Crippen molar-refractivity contribution in [3.8, 4) is 0 Å². The molecule has 1 atom stereocenters. The van der Waals surface area contributed by atoms with Gasteiger partial charge >= 0.3 is 0 Å². The maximum atomic E-state index is 13.0. The minimum absolute atomic E-state index is 0.133. The van der Waals surface area contributed by atoms with Crippen LogP contribution in [0.15, 0.2) is 11.8 Å². The van der Waals surface area contributed by atoms with Crippen LogP contribution in [0.4, 0.5) is 0 Å². The zero-order chi connectivity index (χ0) is 15.5. The molecule has 1 aliphatic carbocycles. The van der Waals surface area contributed by atoms with E-state index < -0.39 is 5.41 Å². The molecule has 2 rings (SSSR count). The Morgan fingerprint density at radius 3 is 2.67 bits per heavy atom. The summed E-state index contributed by atoms with van der Waals surface area (Å²) in [5.74, 6) is 0.296. The lowest BCUT2D eigenvalue weighted by atomic mass is 9.69. The average Bonchev–Trinajstić information content (AvgIpc) is 2.52. The quantitative estimate of drug-likeness (QED) is 0.847. The van der Waals surface area contributed by atoms with Crippen LogP contribution in [0.1, 0.15) is 65.7 Å². The monoisotopic (exact) mass is 292 g/mol. The van der Waals surface area contributed by atoms with Gasteiger partial charge in [0.2, 0.25) is 11.8 Å². The molecule has 0 radical (unpaired) electrons. The van der Waals surface area contributed by atoms with E-state index in [9.17, 15) is 9.59 Å². The van der Waals surface area contributed by atoms with Gasteiger partial charge in [-0.15, -0.1) is 0 Å². The number of nitrogens with zero attached hydrogens (tertiary/aromatic N) is 1. The summed E-state index contributed by atoms with van der Waals surface area (Å²) in [6.07, 6.45) is 8.05. The minimum atomic E-state index is -0.467. The number of amides is 2. The molecule has 118 valence electrons. The molecule has 0 aromatic rings. The van der Waals surface area contributed by atoms with Crippen molar-refractivity contribution in [3.63, 3.8) is 0 Å². The first-order valence-corrected chi connectivity index (χ1v) is 8.41. The Morgan fingerprint density at radius 2 is 2.05 bits per heavy atom. The van der Waals surface area contributed by atoms with Crippen molar-refractivity contribution >= 4 is 11.8 Å². The normalized spacial score (nSPS) is 25.6. The van der Waals surface area contributed by atoms with Gasteiger partial charge in [-0.25, -0.2) is 0 Å². The number of hydrogen-bond acceptors (Lipinski definition) is 2. The Hall–Kier alpha value is -1.32. The highest BCUT2D eigenvalue weighted by atomic mass is 16.2. The van der Waals surface area contributed by atoms with Gasteiger partial charge in [0.05, 0.1) is 5.41 Å². The molecular weight excluding hydrogens is 264 g/mol. The second-order valence-corrected chi connectivity index (χ2v) is 6.19. The summed E-state index contributed by atoms with van der Waals surface area (Å²) in [6.45, 7) is 6.85. The molecule has 0 bridgehead atoms. The third kappa shape index (κ3) is 2.85. The number of likely N-dealkylation sites (tertiary alicyclic amines) is 1. The number of piperidine rings is 1. The van der Waals surface area contributed by atoms with E-state index in [0.717, 1.165) is 37.8 Å². The molecule has 0 aromatic heterocycles. The summed E-state index contributed by atoms with van der Waals surface area (Å²) < 4.78 is 0. The molecule has 4 nitrogen and oxygen atoms in total. The number of carbonyl (C=O) groups is 2. The van der Waals surface area contributed by atoms with E-state index in [1.165, 1.54) is 0 Å². The lowest BCUT2D eigenvalue weighted by molar-refractivity contribution is -0.140. The molecule has 1 heterocycles. The smallest absolute Gasteiger partial charge is 0.232 e. The van der Waals surface area contributed by atoms with Gasteiger partial charge in [0.1, 0.15) is 0 Å². The molecule has 1 aliphatic heterocycles. The highest BCUT2D eigenvalue weighted by Crippen LogP contribution is 2.46. The Kier molecular flexibility index (Phi) is 5.07. The van der Waals surface area contributed by atoms with E-state index in [2.05, 4.69) is 25.2 Å². The lowest BCUT2D eigenvalue weighted by Crippen LogP contribution is -2.54. The summed E-state index contributed by atoms with van der Waals surface area (Å²) in [4.78, 5) is 26.9. The molecule has 1 N–H and O–H groups in total. The maximum absolute atomic E-state index is 13.0. The van der Waals surface area contributed by atoms with E-state index in [4.69, 9.17) is 0 Å². The molecule has 2 aliphatic rings. The fourth-order valence-corrected chi connectivity index (χ4v) is 3.68. The first-order valence-electron chi connectivity index (χ1n) is 8.41. The largest absolute Gasteiger partial charge is 0.353 e. The minimum Gasteiger partial charge on any atom is -0.353 e. The van der Waals surface area contributed by atoms with Crippen LogP contribution in [-0.2, 0) is 9.59 Å². The first kappa shape index (κ1) is 16.1. The molecule has 4 heteroatoms. The molecule has 0 aromatic carbocycles. The predicted octanol–water partition coefficient (Wildman–Crippen LogP) is 2.99. The molecular formula is C17H28N2O2. The van der Waals surface area contributed by atoms with Gasteiger partial charge in [-0.3, -0.25) is 9.59 Å². The van der Waals surface area contributed by atoms with Gasteiger partial charge in [0, 0.05) is 24.7 Å². The first-order chi connectivity index (χ1) is 10.1. The zero-order valence-electron chi connectivity index (χ0n) is 13.6. The SMILES string of the molecule is CCC(CC)NC(=O)C12CCCC=C1N(CC)C(=O)CC2. The summed E-state index contributed by atoms with van der Waals surface area (Å²) in [5, 5.41) is 3.22. The fourth-order valence-electron chi connectivity index (χ4n) is 3.68. The molecule has 2 amide bonds. The van der Waals surface area contributed by atoms with E-state index in [1.54, 1.807) is 0 Å². The van der Waals surface area contributed by atoms with Gasteiger partial charge in [0.25, 0.3) is 0 Å². The Morgan fingerprint density at radius 1 is 1.33 bits per heavy atom. The Bertz CT molecular complexity index is 440. The fraction of sp³-hybridized carbons (Fsp3) is 0.765. The highest BCUT2D eigenvalue weighted by molar-refractivity contribution is 5.91. The Labute approximate surface area is 128 Å². The summed E-state index contributed by atoms with van der Waals surface area (Å²) in [7, 11) is 0. The van der Waals surface area contributed by atoms with Gasteiger partial charge in [-0.05, 0) is 45.4 Å². The molecule has 1 unspecified atom stereocenters. The number of carbonyl (C=O) groups excluding carboxylic acids is 2. The standard InChI is InChI=1S/C17H28N2O2/c1-4-13(5-2)18-16(21)17-11-8-7-9-14(17)19(6-3)15(20)10-12-17/h9,13H,4-8,10-12H2,1-3H3,(H,18,21). The van der Waals surface area contributed by atoms with Crippen LogP contribution in [0, 0.1) is 5.41 Å². The summed E-state index contributed by atoms with van der Waals surface area (Å²) in [5.41, 5.74) is 0.501. The highest BCUT2D eigenvalue weighted by Gasteiger charge is 2.49. The number of rotatable bonds is 5. The van der Waals surface area contributed by atoms with Crippen molar-refractivity contribution in [2.75, 3.05) is 6.54 Å². The van der Waals surface area contributed by atoms with Gasteiger partial charge in [-0.1, -0.05) is 19.9 Å². The van der Waals surface area contributed by atoms with Crippen LogP contribution >= 0.6 is 0 Å². The van der Waals surface area contributed by atoms with Crippen LogP contribution in [0.25, 0.3) is 0 Å². The van der Waals surface area contributed by atoms with Crippen LogP contribution in [0.2, 0.25) is 0 Å². The second kappa shape index (κ2) is 6.63. The van der Waals surface area contributed by atoms with Crippen LogP contribution in [0.3, 0.4) is 0 Å². The van der Waals surface area contributed by atoms with Crippen LogP contribution < -0.4 is 5.32 Å². The summed E-state index contributed by atoms with van der Waals surface area (Å²) >= 11 is 0. The maximum Gasteiger partial charge on any atom is 0.232 e. The van der Waals surface area contributed by atoms with Crippen molar-refractivity contribution in [2.45, 2.75) is 71.8 Å². The number of hydrogen-bond donors (Lipinski definition) is 1. The molecule has 0 saturated carbocycles. The van der Waals surface area contributed by atoms with E-state index >= 15 is 0 Å². The topological polar surface area (TPSA) is 49.4 Å². The summed E-state index contributed by atoms with van der Waals surface area (Å²) in [6, 6.07) is 0.239. The molecule has 1 fully saturated rings. The zero-order valence-corrected chi connectivity index (χ0v) is 13.6. The van der Waals surface area contributed by atoms with Crippen molar-refractivity contribution < 1.29 is 9.59 Å². The number of allylic oxidation sites excluding steroid dienone is 1. The third-order valence-corrected chi connectivity index (χ3v) is 5.06. The van der Waals surface area contributed by atoms with Crippen molar-refractivity contribution in [2.24, 2.45) is 5.41 Å². The van der Waals surface area contributed by atoms with Crippen molar-refractivity contribution in [1.29, 1.82) is 0 Å². The van der Waals surface area contributed by atoms with E-state index in [-0.39, 0.29) is 17.9 Å². The van der Waals surface area contributed by atoms with Gasteiger partial charge < -0.3 is 10.2 Å². The number of fused-ring (bicyclic) bond motifs is 1. The number of nitrogens with one attached hydrogen (secondary N) is 1. The Balaban J connectivity index is 2.29. The van der Waals surface area contributed by atoms with E-state index in [0.29, 0.717) is 19.4 Å². The predicted molar refractivity (Wildman–Crippen MR) is 83.5 cm³/mol. The van der Waals surface area contributed by atoms with E-state index in [1.807, 2.05) is 11.8 Å². The lowest BCUT2D eigenvalue weighted by Gasteiger charge is -2.46. The average molecular weight is 292 g/mol. The van der Waals surface area contributed by atoms with Crippen molar-refractivity contribution in [3.05, 3.63) is 11.8 Å². The van der Waals surface area contributed by atoms with Crippen LogP contribution in [0.5, 0.6) is 0 Å². The van der Waals surface area contributed by atoms with Gasteiger partial charge in [0.15, 0.2) is 0 Å².